The fourth-order valence-electron chi connectivity index (χ4n) is 5.06. The zero-order chi connectivity index (χ0) is 26.6. The van der Waals surface area contributed by atoms with Gasteiger partial charge in [-0.1, -0.05) is 76.2 Å². The Hall–Kier alpha value is -3.35. The highest BCUT2D eigenvalue weighted by atomic mass is 16.6. The molecule has 0 unspecified atom stereocenters. The summed E-state index contributed by atoms with van der Waals surface area (Å²) in [5, 5.41) is 0. The van der Waals surface area contributed by atoms with Crippen molar-refractivity contribution in [2.75, 3.05) is 27.8 Å². The van der Waals surface area contributed by atoms with E-state index in [-0.39, 0.29) is 30.3 Å². The zero-order valence-electron chi connectivity index (χ0n) is 22.4. The highest BCUT2D eigenvalue weighted by Gasteiger charge is 2.38. The molecule has 0 saturated carbocycles. The van der Waals surface area contributed by atoms with Crippen LogP contribution in [0.15, 0.2) is 48.5 Å². The van der Waals surface area contributed by atoms with Gasteiger partial charge in [0.15, 0.2) is 0 Å². The summed E-state index contributed by atoms with van der Waals surface area (Å²) in [5.41, 5.74) is 4.56. The summed E-state index contributed by atoms with van der Waals surface area (Å²) in [6.07, 6.45) is -0.126. The third kappa shape index (κ3) is 5.55. The minimum Gasteiger partial charge on any atom is -0.467 e. The lowest BCUT2D eigenvalue weighted by molar-refractivity contribution is -0.155. The number of rotatable bonds is 9. The van der Waals surface area contributed by atoms with Crippen LogP contribution in [0.5, 0.6) is 0 Å². The van der Waals surface area contributed by atoms with Crippen LogP contribution in [0.4, 0.5) is 4.79 Å². The van der Waals surface area contributed by atoms with Gasteiger partial charge >= 0.3 is 12.1 Å². The fraction of sp³-hybridized carbons (Fsp3) is 0.483. The number of amides is 2. The normalized spacial score (nSPS) is 14.1. The number of likely N-dealkylation sites (N-methyl/N-ethyl adjacent to an activating group) is 2. The molecule has 0 N–H and O–H groups in total. The minimum absolute atomic E-state index is 0.0682. The second-order valence-electron chi connectivity index (χ2n) is 10.2. The Morgan fingerprint density at radius 2 is 1.39 bits per heavy atom. The number of methoxy groups -OCH3 is 1. The van der Waals surface area contributed by atoms with E-state index in [2.05, 4.69) is 24.3 Å². The molecular formula is C29H38N2O5. The zero-order valence-corrected chi connectivity index (χ0v) is 22.4. The van der Waals surface area contributed by atoms with Crippen molar-refractivity contribution in [2.24, 2.45) is 11.8 Å². The van der Waals surface area contributed by atoms with E-state index in [9.17, 15) is 14.4 Å². The molecule has 0 aliphatic heterocycles. The van der Waals surface area contributed by atoms with Gasteiger partial charge in [0, 0.05) is 20.0 Å². The maximum absolute atomic E-state index is 13.5. The molecule has 1 aliphatic rings. The number of hydrogen-bond donors (Lipinski definition) is 0. The summed E-state index contributed by atoms with van der Waals surface area (Å²) < 4.78 is 10.7. The number of hydrogen-bond acceptors (Lipinski definition) is 5. The van der Waals surface area contributed by atoms with Crippen LogP contribution in [0.2, 0.25) is 0 Å². The Bertz CT molecular complexity index is 1050. The molecule has 0 heterocycles. The Morgan fingerprint density at radius 3 is 1.86 bits per heavy atom. The van der Waals surface area contributed by atoms with E-state index in [0.29, 0.717) is 6.42 Å². The van der Waals surface area contributed by atoms with Crippen molar-refractivity contribution in [3.63, 3.8) is 0 Å². The van der Waals surface area contributed by atoms with E-state index >= 15 is 0 Å². The number of benzene rings is 2. The SMILES string of the molecule is COC(=O)[C@H](C(C)C)N(C)C(=O)[C@H](CC(C)C)N(C)C(=O)OCC1c2ccccc2-c2ccccc21. The van der Waals surface area contributed by atoms with Gasteiger partial charge in [0.2, 0.25) is 5.91 Å². The molecule has 36 heavy (non-hydrogen) atoms. The van der Waals surface area contributed by atoms with Crippen LogP contribution in [0.25, 0.3) is 11.1 Å². The number of fused-ring (bicyclic) bond motifs is 3. The van der Waals surface area contributed by atoms with E-state index in [4.69, 9.17) is 9.47 Å². The third-order valence-corrected chi connectivity index (χ3v) is 6.91. The first-order valence-corrected chi connectivity index (χ1v) is 12.5. The average molecular weight is 495 g/mol. The summed E-state index contributed by atoms with van der Waals surface area (Å²) in [6, 6.07) is 14.8. The summed E-state index contributed by atoms with van der Waals surface area (Å²) in [5.74, 6) is -0.865. The molecule has 0 spiro atoms. The second kappa shape index (κ2) is 11.6. The lowest BCUT2D eigenvalue weighted by atomic mass is 9.98. The standard InChI is InChI=1S/C29H38N2O5/c1-18(2)16-25(27(32)31(6)26(19(3)4)28(33)35-7)30(5)29(34)36-17-24-22-14-10-8-12-20(22)21-13-9-11-15-23(21)24/h8-15,18-19,24-26H,16-17H2,1-7H3/t25-,26-/m0/s1. The summed E-state index contributed by atoms with van der Waals surface area (Å²) in [4.78, 5) is 41.9. The Labute approximate surface area is 214 Å². The van der Waals surface area contributed by atoms with Crippen molar-refractivity contribution in [1.29, 1.82) is 0 Å². The lowest BCUT2D eigenvalue weighted by Gasteiger charge is -2.35. The van der Waals surface area contributed by atoms with Crippen molar-refractivity contribution in [3.05, 3.63) is 59.7 Å². The molecule has 2 atom stereocenters. The quantitative estimate of drug-likeness (QED) is 0.462. The van der Waals surface area contributed by atoms with Gasteiger partial charge in [-0.25, -0.2) is 9.59 Å². The van der Waals surface area contributed by atoms with Gasteiger partial charge < -0.3 is 14.4 Å². The number of nitrogens with zero attached hydrogens (tertiary/aromatic N) is 2. The highest BCUT2D eigenvalue weighted by Crippen LogP contribution is 2.44. The smallest absolute Gasteiger partial charge is 0.410 e. The number of ether oxygens (including phenoxy) is 2. The predicted octanol–water partition coefficient (Wildman–Crippen LogP) is 4.94. The molecule has 194 valence electrons. The monoisotopic (exact) mass is 494 g/mol. The summed E-state index contributed by atoms with van der Waals surface area (Å²) >= 11 is 0. The van der Waals surface area contributed by atoms with Crippen LogP contribution in [0.1, 0.15) is 51.2 Å². The Morgan fingerprint density at radius 1 is 0.861 bits per heavy atom. The molecule has 0 fully saturated rings. The molecule has 2 amide bonds. The van der Waals surface area contributed by atoms with Crippen LogP contribution < -0.4 is 0 Å². The largest absolute Gasteiger partial charge is 0.467 e. The van der Waals surface area contributed by atoms with Crippen molar-refractivity contribution in [1.82, 2.24) is 9.80 Å². The molecule has 7 heteroatoms. The molecular weight excluding hydrogens is 456 g/mol. The molecule has 0 saturated heterocycles. The van der Waals surface area contributed by atoms with Gasteiger partial charge in [-0.05, 0) is 40.5 Å². The van der Waals surface area contributed by atoms with Crippen LogP contribution in [-0.2, 0) is 19.1 Å². The Kier molecular flexibility index (Phi) is 8.77. The van der Waals surface area contributed by atoms with Crippen molar-refractivity contribution < 1.29 is 23.9 Å². The minimum atomic E-state index is -0.767. The van der Waals surface area contributed by atoms with Crippen LogP contribution >= 0.6 is 0 Å². The fourth-order valence-corrected chi connectivity index (χ4v) is 5.06. The van der Waals surface area contributed by atoms with Crippen LogP contribution in [0.3, 0.4) is 0 Å². The first-order chi connectivity index (χ1) is 17.1. The van der Waals surface area contributed by atoms with E-state index in [0.717, 1.165) is 22.3 Å². The van der Waals surface area contributed by atoms with E-state index in [1.165, 1.54) is 16.9 Å². The lowest BCUT2D eigenvalue weighted by Crippen LogP contribution is -2.54. The first kappa shape index (κ1) is 27.2. The topological polar surface area (TPSA) is 76.2 Å². The molecule has 0 aromatic heterocycles. The Balaban J connectivity index is 1.78. The van der Waals surface area contributed by atoms with Crippen LogP contribution in [0, 0.1) is 11.8 Å². The molecule has 2 aromatic rings. The van der Waals surface area contributed by atoms with Crippen molar-refractivity contribution >= 4 is 18.0 Å². The summed E-state index contributed by atoms with van der Waals surface area (Å²) in [6.45, 7) is 7.88. The van der Waals surface area contributed by atoms with Gasteiger partial charge in [-0.2, -0.15) is 0 Å². The molecule has 7 nitrogen and oxygen atoms in total. The van der Waals surface area contributed by atoms with E-state index in [1.807, 2.05) is 52.0 Å². The maximum atomic E-state index is 13.5. The van der Waals surface area contributed by atoms with Gasteiger partial charge in [0.25, 0.3) is 0 Å². The molecule has 2 aromatic carbocycles. The van der Waals surface area contributed by atoms with Crippen LogP contribution in [-0.4, -0.2) is 67.7 Å². The van der Waals surface area contributed by atoms with Crippen molar-refractivity contribution in [3.8, 4) is 11.1 Å². The molecule has 1 aliphatic carbocycles. The molecule has 0 bridgehead atoms. The molecule has 3 rings (SSSR count). The number of carbonyl (C=O) groups excluding carboxylic acids is 3. The van der Waals surface area contributed by atoms with Gasteiger partial charge in [0.05, 0.1) is 7.11 Å². The second-order valence-corrected chi connectivity index (χ2v) is 10.2. The van der Waals surface area contributed by atoms with Crippen molar-refractivity contribution in [2.45, 2.75) is 52.1 Å². The van der Waals surface area contributed by atoms with Gasteiger partial charge in [-0.15, -0.1) is 0 Å². The third-order valence-electron chi connectivity index (χ3n) is 6.91. The van der Waals surface area contributed by atoms with E-state index < -0.39 is 24.1 Å². The first-order valence-electron chi connectivity index (χ1n) is 12.5. The number of esters is 1. The number of carbonyl (C=O) groups is 3. The molecule has 0 radical (unpaired) electrons. The highest BCUT2D eigenvalue weighted by molar-refractivity contribution is 5.89. The van der Waals surface area contributed by atoms with Gasteiger partial charge in [0.1, 0.15) is 18.7 Å². The summed E-state index contributed by atoms with van der Waals surface area (Å²) in [7, 11) is 4.48. The average Bonchev–Trinajstić information content (AvgIpc) is 3.18. The van der Waals surface area contributed by atoms with E-state index in [1.54, 1.807) is 14.1 Å². The van der Waals surface area contributed by atoms with Gasteiger partial charge in [-0.3, -0.25) is 9.69 Å². The predicted molar refractivity (Wildman–Crippen MR) is 139 cm³/mol. The maximum Gasteiger partial charge on any atom is 0.410 e.